The molecule has 1 saturated carbocycles. The summed E-state index contributed by atoms with van der Waals surface area (Å²) in [6, 6.07) is 5.10. The third kappa shape index (κ3) is 2.17. The minimum Gasteiger partial charge on any atom is -0.396 e. The highest BCUT2D eigenvalue weighted by molar-refractivity contribution is 5.33. The largest absolute Gasteiger partial charge is 0.416 e. The Hall–Kier alpha value is -1.07. The quantitative estimate of drug-likeness (QED) is 0.857. The third-order valence-corrected chi connectivity index (χ3v) is 3.55. The fraction of sp³-hybridized carbons (Fsp3) is 0.500. The summed E-state index contributed by atoms with van der Waals surface area (Å²) in [5.41, 5.74) is 5.41. The van der Waals surface area contributed by atoms with Crippen LogP contribution in [0.3, 0.4) is 0 Å². The molecule has 1 fully saturated rings. The number of benzene rings is 1. The van der Waals surface area contributed by atoms with E-state index in [4.69, 9.17) is 5.73 Å². The first kappa shape index (κ1) is 12.4. The van der Waals surface area contributed by atoms with Gasteiger partial charge in [0, 0.05) is 12.0 Å². The molecule has 1 aromatic carbocycles. The van der Waals surface area contributed by atoms with Crippen LogP contribution in [0.25, 0.3) is 0 Å². The van der Waals surface area contributed by atoms with E-state index in [1.165, 1.54) is 12.1 Å². The molecule has 2 rings (SSSR count). The highest BCUT2D eigenvalue weighted by atomic mass is 19.4. The Bertz CT molecular complexity index is 395. The normalized spacial score (nSPS) is 28.2. The summed E-state index contributed by atoms with van der Waals surface area (Å²) in [6.45, 7) is 0.338. The lowest BCUT2D eigenvalue weighted by atomic mass is 9.99. The summed E-state index contributed by atoms with van der Waals surface area (Å²) in [4.78, 5) is 0. The number of aliphatic hydroxyl groups excluding tert-OH is 1. The molecule has 0 amide bonds. The van der Waals surface area contributed by atoms with Crippen molar-refractivity contribution in [3.05, 3.63) is 35.4 Å². The van der Waals surface area contributed by atoms with Crippen LogP contribution in [-0.4, -0.2) is 18.3 Å². The summed E-state index contributed by atoms with van der Waals surface area (Å²) in [7, 11) is 0. The molecule has 0 radical (unpaired) electrons. The van der Waals surface area contributed by atoms with Crippen LogP contribution in [0.4, 0.5) is 13.2 Å². The Morgan fingerprint density at radius 1 is 1.29 bits per heavy atom. The monoisotopic (exact) mass is 245 g/mol. The van der Waals surface area contributed by atoms with Gasteiger partial charge in [0.2, 0.25) is 0 Å². The minimum atomic E-state index is -4.30. The standard InChI is InChI=1S/C12H14F3NO/c13-12(14,15)9-3-1-8(2-4-9)10-5-11(10,6-16)7-17/h1-4,10,17H,5-7,16H2/t10-,11+/m0/s1. The topological polar surface area (TPSA) is 46.2 Å². The number of hydrogen-bond donors (Lipinski definition) is 2. The predicted octanol–water partition coefficient (Wildman–Crippen LogP) is 2.13. The van der Waals surface area contributed by atoms with Gasteiger partial charge in [-0.15, -0.1) is 0 Å². The summed E-state index contributed by atoms with van der Waals surface area (Å²) < 4.78 is 37.1. The van der Waals surface area contributed by atoms with E-state index in [1.807, 2.05) is 0 Å². The number of halogens is 3. The predicted molar refractivity (Wildman–Crippen MR) is 57.4 cm³/mol. The highest BCUT2D eigenvalue weighted by Gasteiger charge is 2.53. The zero-order valence-corrected chi connectivity index (χ0v) is 9.17. The molecule has 3 N–H and O–H groups in total. The van der Waals surface area contributed by atoms with E-state index in [-0.39, 0.29) is 17.9 Å². The molecule has 5 heteroatoms. The molecule has 0 spiro atoms. The average Bonchev–Trinajstić information content (AvgIpc) is 3.03. The summed E-state index contributed by atoms with van der Waals surface area (Å²) in [5, 5.41) is 9.21. The number of rotatable bonds is 3. The summed E-state index contributed by atoms with van der Waals surface area (Å²) >= 11 is 0. The van der Waals surface area contributed by atoms with Gasteiger partial charge in [0.05, 0.1) is 12.2 Å². The van der Waals surface area contributed by atoms with E-state index < -0.39 is 11.7 Å². The molecule has 1 aliphatic carbocycles. The molecule has 0 aliphatic heterocycles. The van der Waals surface area contributed by atoms with Gasteiger partial charge in [-0.1, -0.05) is 12.1 Å². The van der Waals surface area contributed by atoms with E-state index in [2.05, 4.69) is 0 Å². The Kier molecular flexibility index (Phi) is 2.91. The van der Waals surface area contributed by atoms with Crippen molar-refractivity contribution < 1.29 is 18.3 Å². The lowest BCUT2D eigenvalue weighted by Gasteiger charge is -2.12. The van der Waals surface area contributed by atoms with E-state index in [0.717, 1.165) is 24.1 Å². The third-order valence-electron chi connectivity index (χ3n) is 3.55. The summed E-state index contributed by atoms with van der Waals surface area (Å²) in [6.07, 6.45) is -3.56. The smallest absolute Gasteiger partial charge is 0.396 e. The maximum Gasteiger partial charge on any atom is 0.416 e. The van der Waals surface area contributed by atoms with Gasteiger partial charge in [0.15, 0.2) is 0 Å². The van der Waals surface area contributed by atoms with Crippen LogP contribution in [0, 0.1) is 5.41 Å². The second-order valence-electron chi connectivity index (χ2n) is 4.60. The van der Waals surface area contributed by atoms with Crippen molar-refractivity contribution in [3.63, 3.8) is 0 Å². The summed E-state index contributed by atoms with van der Waals surface area (Å²) in [5.74, 6) is 0.0831. The van der Waals surface area contributed by atoms with Crippen LogP contribution in [-0.2, 0) is 6.18 Å². The fourth-order valence-corrected chi connectivity index (χ4v) is 2.19. The van der Waals surface area contributed by atoms with Crippen LogP contribution in [0.15, 0.2) is 24.3 Å². The molecule has 2 nitrogen and oxygen atoms in total. The number of alkyl halides is 3. The molecular formula is C12H14F3NO. The van der Waals surface area contributed by atoms with E-state index in [1.54, 1.807) is 0 Å². The van der Waals surface area contributed by atoms with Gasteiger partial charge in [-0.2, -0.15) is 13.2 Å². The van der Waals surface area contributed by atoms with Crippen molar-refractivity contribution in [1.29, 1.82) is 0 Å². The average molecular weight is 245 g/mol. The highest BCUT2D eigenvalue weighted by Crippen LogP contribution is 2.58. The Morgan fingerprint density at radius 3 is 2.24 bits per heavy atom. The molecule has 94 valence electrons. The zero-order valence-electron chi connectivity index (χ0n) is 9.17. The first-order valence-electron chi connectivity index (χ1n) is 5.41. The van der Waals surface area contributed by atoms with Crippen LogP contribution in [0.2, 0.25) is 0 Å². The first-order chi connectivity index (χ1) is 7.93. The molecule has 1 aliphatic rings. The minimum absolute atomic E-state index is 0.0187. The van der Waals surface area contributed by atoms with Crippen LogP contribution in [0.5, 0.6) is 0 Å². The Morgan fingerprint density at radius 2 is 1.88 bits per heavy atom. The van der Waals surface area contributed by atoms with Crippen molar-refractivity contribution in [2.75, 3.05) is 13.2 Å². The maximum atomic E-state index is 12.4. The van der Waals surface area contributed by atoms with Crippen molar-refractivity contribution in [3.8, 4) is 0 Å². The van der Waals surface area contributed by atoms with Gasteiger partial charge in [0.25, 0.3) is 0 Å². The van der Waals surface area contributed by atoms with E-state index >= 15 is 0 Å². The number of hydrogen-bond acceptors (Lipinski definition) is 2. The van der Waals surface area contributed by atoms with Gasteiger partial charge in [-0.3, -0.25) is 0 Å². The molecule has 0 heterocycles. The molecule has 17 heavy (non-hydrogen) atoms. The lowest BCUT2D eigenvalue weighted by Crippen LogP contribution is -2.21. The molecule has 1 aromatic rings. The van der Waals surface area contributed by atoms with Crippen LogP contribution >= 0.6 is 0 Å². The molecule has 0 aromatic heterocycles. The Labute approximate surface area is 97.2 Å². The van der Waals surface area contributed by atoms with Crippen molar-refractivity contribution in [1.82, 2.24) is 0 Å². The first-order valence-corrected chi connectivity index (χ1v) is 5.41. The SMILES string of the molecule is NC[C@@]1(CO)C[C@H]1c1ccc(C(F)(F)F)cc1. The molecule has 2 atom stereocenters. The fourth-order valence-electron chi connectivity index (χ4n) is 2.19. The lowest BCUT2D eigenvalue weighted by molar-refractivity contribution is -0.137. The number of aliphatic hydroxyl groups is 1. The maximum absolute atomic E-state index is 12.4. The molecule has 0 saturated heterocycles. The van der Waals surface area contributed by atoms with Crippen molar-refractivity contribution in [2.24, 2.45) is 11.1 Å². The van der Waals surface area contributed by atoms with Crippen LogP contribution < -0.4 is 5.73 Å². The second-order valence-corrected chi connectivity index (χ2v) is 4.60. The van der Waals surface area contributed by atoms with Gasteiger partial charge in [-0.05, 0) is 30.0 Å². The molecular weight excluding hydrogens is 231 g/mol. The van der Waals surface area contributed by atoms with Crippen molar-refractivity contribution in [2.45, 2.75) is 18.5 Å². The molecule has 0 bridgehead atoms. The number of nitrogens with two attached hydrogens (primary N) is 1. The second kappa shape index (κ2) is 3.99. The molecule has 0 unspecified atom stereocenters. The van der Waals surface area contributed by atoms with Crippen LogP contribution in [0.1, 0.15) is 23.5 Å². The van der Waals surface area contributed by atoms with Gasteiger partial charge in [-0.25, -0.2) is 0 Å². The van der Waals surface area contributed by atoms with Gasteiger partial charge in [0.1, 0.15) is 0 Å². The van der Waals surface area contributed by atoms with E-state index in [0.29, 0.717) is 6.54 Å². The van der Waals surface area contributed by atoms with E-state index in [9.17, 15) is 18.3 Å². The zero-order chi connectivity index (χ0) is 12.7. The van der Waals surface area contributed by atoms with Crippen molar-refractivity contribution >= 4 is 0 Å². The van der Waals surface area contributed by atoms with Gasteiger partial charge >= 0.3 is 6.18 Å². The Balaban J connectivity index is 2.16. The van der Waals surface area contributed by atoms with Gasteiger partial charge < -0.3 is 10.8 Å².